The molecule has 2 aromatic rings. The highest BCUT2D eigenvalue weighted by atomic mass is 35.5. The van der Waals surface area contributed by atoms with E-state index in [1.807, 2.05) is 13.0 Å². The van der Waals surface area contributed by atoms with Gasteiger partial charge in [-0.1, -0.05) is 24.6 Å². The number of benzene rings is 2. The van der Waals surface area contributed by atoms with E-state index < -0.39 is 0 Å². The van der Waals surface area contributed by atoms with Gasteiger partial charge in [0.2, 0.25) is 5.78 Å². The second-order valence-electron chi connectivity index (χ2n) is 5.26. The fourth-order valence-corrected chi connectivity index (χ4v) is 2.31. The molecular weight excluding hydrogens is 338 g/mol. The molecule has 2 rings (SSSR count). The summed E-state index contributed by atoms with van der Waals surface area (Å²) in [6.07, 6.45) is 2.40. The Morgan fingerprint density at radius 3 is 2.52 bits per heavy atom. The summed E-state index contributed by atoms with van der Waals surface area (Å²) in [6.45, 7) is 2.56. The molecule has 25 heavy (non-hydrogen) atoms. The monoisotopic (exact) mass is 355 g/mol. The van der Waals surface area contributed by atoms with Crippen LogP contribution in [0.15, 0.2) is 48.0 Å². The number of ether oxygens (including phenoxy) is 2. The first-order valence-corrected chi connectivity index (χ1v) is 8.19. The molecule has 0 aliphatic carbocycles. The molecule has 0 radical (unpaired) electrons. The zero-order chi connectivity index (χ0) is 18.2. The fourth-order valence-electron chi connectivity index (χ4n) is 2.18. The molecule has 0 aliphatic heterocycles. The molecule has 4 nitrogen and oxygen atoms in total. The second kappa shape index (κ2) is 8.91. The fraction of sp³-hybridized carbons (Fsp3) is 0.200. The van der Waals surface area contributed by atoms with Gasteiger partial charge in [0.25, 0.3) is 0 Å². The van der Waals surface area contributed by atoms with Crippen LogP contribution in [0, 0.1) is 11.3 Å². The van der Waals surface area contributed by atoms with Gasteiger partial charge in [0, 0.05) is 10.6 Å². The summed E-state index contributed by atoms with van der Waals surface area (Å²) < 4.78 is 10.9. The molecule has 128 valence electrons. The maximum Gasteiger partial charge on any atom is 0.203 e. The van der Waals surface area contributed by atoms with Crippen LogP contribution in [-0.4, -0.2) is 19.5 Å². The van der Waals surface area contributed by atoms with Crippen LogP contribution < -0.4 is 9.47 Å². The van der Waals surface area contributed by atoms with Crippen molar-refractivity contribution in [3.05, 3.63) is 64.2 Å². The molecule has 0 bridgehead atoms. The molecule has 0 aromatic heterocycles. The van der Waals surface area contributed by atoms with Crippen molar-refractivity contribution in [2.45, 2.75) is 13.3 Å². The van der Waals surface area contributed by atoms with Crippen LogP contribution in [0.4, 0.5) is 0 Å². The van der Waals surface area contributed by atoms with Crippen molar-refractivity contribution >= 4 is 23.5 Å². The highest BCUT2D eigenvalue weighted by Gasteiger charge is 2.13. The topological polar surface area (TPSA) is 59.3 Å². The number of Topliss-reactive ketones (excluding diaryl/α,β-unsaturated/α-hetero) is 1. The van der Waals surface area contributed by atoms with E-state index in [-0.39, 0.29) is 11.4 Å². The Morgan fingerprint density at radius 1 is 1.20 bits per heavy atom. The summed E-state index contributed by atoms with van der Waals surface area (Å²) in [5, 5.41) is 9.90. The first-order chi connectivity index (χ1) is 12.1. The number of rotatable bonds is 7. The van der Waals surface area contributed by atoms with Crippen LogP contribution in [0.2, 0.25) is 5.02 Å². The summed E-state index contributed by atoms with van der Waals surface area (Å²) >= 11 is 5.83. The van der Waals surface area contributed by atoms with E-state index in [2.05, 4.69) is 0 Å². The van der Waals surface area contributed by atoms with Gasteiger partial charge in [-0.3, -0.25) is 4.79 Å². The number of allylic oxidation sites excluding steroid dienone is 1. The van der Waals surface area contributed by atoms with Crippen molar-refractivity contribution in [1.82, 2.24) is 0 Å². The molecule has 0 saturated carbocycles. The SMILES string of the molecule is CCCOc1cc(/C=C(\C#N)C(=O)c2ccc(Cl)cc2)ccc1OC. The third kappa shape index (κ3) is 4.85. The van der Waals surface area contributed by atoms with Gasteiger partial charge in [0.15, 0.2) is 11.5 Å². The maximum atomic E-state index is 12.5. The molecule has 0 fully saturated rings. The van der Waals surface area contributed by atoms with Gasteiger partial charge in [-0.05, 0) is 54.5 Å². The largest absolute Gasteiger partial charge is 0.493 e. The van der Waals surface area contributed by atoms with Crippen LogP contribution in [-0.2, 0) is 0 Å². The molecule has 0 aliphatic rings. The number of halogens is 1. The Hall–Kier alpha value is -2.77. The summed E-state index contributed by atoms with van der Waals surface area (Å²) in [7, 11) is 1.56. The van der Waals surface area contributed by atoms with Gasteiger partial charge in [-0.15, -0.1) is 0 Å². The first-order valence-electron chi connectivity index (χ1n) is 7.82. The maximum absolute atomic E-state index is 12.5. The third-order valence-corrected chi connectivity index (χ3v) is 3.68. The summed E-state index contributed by atoms with van der Waals surface area (Å²) in [5.74, 6) is 0.827. The Balaban J connectivity index is 2.34. The van der Waals surface area contributed by atoms with Crippen molar-refractivity contribution in [1.29, 1.82) is 5.26 Å². The summed E-state index contributed by atoms with van der Waals surface area (Å²) in [6, 6.07) is 13.7. The molecule has 0 spiro atoms. The number of nitrogens with zero attached hydrogens (tertiary/aromatic N) is 1. The summed E-state index contributed by atoms with van der Waals surface area (Å²) in [5.41, 5.74) is 1.13. The normalized spacial score (nSPS) is 10.9. The predicted octanol–water partition coefficient (Wildman–Crippen LogP) is 4.93. The predicted molar refractivity (Wildman–Crippen MR) is 98.2 cm³/mol. The average molecular weight is 356 g/mol. The van der Waals surface area contributed by atoms with E-state index in [0.717, 1.165) is 6.42 Å². The number of hydrogen-bond acceptors (Lipinski definition) is 4. The van der Waals surface area contributed by atoms with Crippen molar-refractivity contribution in [2.75, 3.05) is 13.7 Å². The molecule has 0 N–H and O–H groups in total. The lowest BCUT2D eigenvalue weighted by Crippen LogP contribution is -2.02. The second-order valence-corrected chi connectivity index (χ2v) is 5.70. The van der Waals surface area contributed by atoms with Gasteiger partial charge < -0.3 is 9.47 Å². The standard InChI is InChI=1S/C20H18ClNO3/c1-3-10-25-19-12-14(4-9-18(19)24-2)11-16(13-22)20(23)15-5-7-17(21)8-6-15/h4-9,11-12H,3,10H2,1-2H3/b16-11+. The Morgan fingerprint density at radius 2 is 1.92 bits per heavy atom. The van der Waals surface area contributed by atoms with E-state index in [1.54, 1.807) is 49.6 Å². The van der Waals surface area contributed by atoms with E-state index in [0.29, 0.717) is 34.3 Å². The van der Waals surface area contributed by atoms with Crippen molar-refractivity contribution in [3.63, 3.8) is 0 Å². The molecular formula is C20H18ClNO3. The third-order valence-electron chi connectivity index (χ3n) is 3.43. The van der Waals surface area contributed by atoms with Crippen molar-refractivity contribution in [2.24, 2.45) is 0 Å². The Bertz CT molecular complexity index is 820. The number of carbonyl (C=O) groups is 1. The number of hydrogen-bond donors (Lipinski definition) is 0. The molecule has 0 heterocycles. The molecule has 2 aromatic carbocycles. The quantitative estimate of drug-likeness (QED) is 0.401. The zero-order valence-electron chi connectivity index (χ0n) is 14.1. The van der Waals surface area contributed by atoms with Crippen LogP contribution in [0.25, 0.3) is 6.08 Å². The Labute approximate surface area is 152 Å². The first kappa shape index (κ1) is 18.6. The van der Waals surface area contributed by atoms with Crippen molar-refractivity contribution < 1.29 is 14.3 Å². The highest BCUT2D eigenvalue weighted by molar-refractivity contribution is 6.30. The Kier molecular flexibility index (Phi) is 6.62. The highest BCUT2D eigenvalue weighted by Crippen LogP contribution is 2.29. The lowest BCUT2D eigenvalue weighted by Gasteiger charge is -2.10. The average Bonchev–Trinajstić information content (AvgIpc) is 2.64. The van der Waals surface area contributed by atoms with Crippen LogP contribution in [0.1, 0.15) is 29.3 Å². The molecule has 0 saturated heterocycles. The van der Waals surface area contributed by atoms with E-state index in [9.17, 15) is 10.1 Å². The number of nitriles is 1. The van der Waals surface area contributed by atoms with Crippen LogP contribution >= 0.6 is 11.6 Å². The molecule has 0 unspecified atom stereocenters. The van der Waals surface area contributed by atoms with Gasteiger partial charge in [0.1, 0.15) is 11.6 Å². The minimum Gasteiger partial charge on any atom is -0.493 e. The lowest BCUT2D eigenvalue weighted by molar-refractivity contribution is 0.104. The summed E-state index contributed by atoms with van der Waals surface area (Å²) in [4.78, 5) is 12.5. The van der Waals surface area contributed by atoms with Gasteiger partial charge in [-0.2, -0.15) is 5.26 Å². The minimum absolute atomic E-state index is 0.0360. The molecule has 0 amide bonds. The zero-order valence-corrected chi connectivity index (χ0v) is 14.8. The van der Waals surface area contributed by atoms with Gasteiger partial charge in [-0.25, -0.2) is 0 Å². The number of methoxy groups -OCH3 is 1. The number of carbonyl (C=O) groups excluding carboxylic acids is 1. The van der Waals surface area contributed by atoms with E-state index in [4.69, 9.17) is 21.1 Å². The van der Waals surface area contributed by atoms with E-state index >= 15 is 0 Å². The number of ketones is 1. The van der Waals surface area contributed by atoms with Gasteiger partial charge >= 0.3 is 0 Å². The van der Waals surface area contributed by atoms with Gasteiger partial charge in [0.05, 0.1) is 13.7 Å². The molecule has 5 heteroatoms. The van der Waals surface area contributed by atoms with E-state index in [1.165, 1.54) is 6.08 Å². The van der Waals surface area contributed by atoms with Crippen LogP contribution in [0.5, 0.6) is 11.5 Å². The molecule has 0 atom stereocenters. The van der Waals surface area contributed by atoms with Crippen molar-refractivity contribution in [3.8, 4) is 17.6 Å². The smallest absolute Gasteiger partial charge is 0.203 e. The minimum atomic E-state index is -0.356. The lowest BCUT2D eigenvalue weighted by atomic mass is 10.0. The van der Waals surface area contributed by atoms with Crippen LogP contribution in [0.3, 0.4) is 0 Å².